The number of rotatable bonds is 3. The van der Waals surface area contributed by atoms with Crippen LogP contribution in [0.1, 0.15) is 21.5 Å². The van der Waals surface area contributed by atoms with Crippen LogP contribution in [-0.2, 0) is 22.7 Å². The predicted octanol–water partition coefficient (Wildman–Crippen LogP) is 4.84. The van der Waals surface area contributed by atoms with Crippen LogP contribution in [0.25, 0.3) is 33.3 Å². The van der Waals surface area contributed by atoms with Gasteiger partial charge in [0, 0.05) is 22.8 Å². The molecule has 0 saturated heterocycles. The molecule has 0 aliphatic heterocycles. The Balaban J connectivity index is 1.68. The molecule has 0 unspecified atom stereocenters. The molecule has 3 aromatic carbocycles. The Bertz CT molecular complexity index is 1500. The van der Waals surface area contributed by atoms with Crippen molar-refractivity contribution in [1.82, 2.24) is 4.98 Å². The van der Waals surface area contributed by atoms with Crippen LogP contribution in [0.4, 0.5) is 4.39 Å². The average molecular weight is 435 g/mol. The zero-order valence-electron chi connectivity index (χ0n) is 16.6. The van der Waals surface area contributed by atoms with E-state index in [2.05, 4.69) is 4.98 Å². The van der Waals surface area contributed by atoms with E-state index in [1.165, 1.54) is 12.1 Å². The van der Waals surface area contributed by atoms with Gasteiger partial charge in [-0.15, -0.1) is 0 Å². The molecule has 7 heteroatoms. The van der Waals surface area contributed by atoms with Crippen LogP contribution >= 0.6 is 0 Å². The van der Waals surface area contributed by atoms with Crippen molar-refractivity contribution in [3.05, 3.63) is 77.1 Å². The van der Waals surface area contributed by atoms with Crippen molar-refractivity contribution in [2.45, 2.75) is 17.7 Å². The zero-order chi connectivity index (χ0) is 21.9. The highest BCUT2D eigenvalue weighted by Gasteiger charge is 2.24. The molecule has 0 spiro atoms. The minimum atomic E-state index is -3.41. The summed E-state index contributed by atoms with van der Waals surface area (Å²) < 4.78 is 39.3. The minimum Gasteiger partial charge on any atom is -0.478 e. The molecule has 0 radical (unpaired) electrons. The van der Waals surface area contributed by atoms with Gasteiger partial charge in [-0.1, -0.05) is 30.3 Å². The summed E-state index contributed by atoms with van der Waals surface area (Å²) in [5.74, 6) is -1.42. The van der Waals surface area contributed by atoms with Gasteiger partial charge in [0.2, 0.25) is 0 Å². The first-order valence-electron chi connectivity index (χ1n) is 9.74. The van der Waals surface area contributed by atoms with E-state index in [0.717, 1.165) is 34.0 Å². The molecule has 0 fully saturated rings. The first kappa shape index (κ1) is 19.5. The van der Waals surface area contributed by atoms with Crippen LogP contribution < -0.4 is 0 Å². The topological polar surface area (TPSA) is 87.2 Å². The molecule has 1 aliphatic carbocycles. The number of carbonyl (C=O) groups is 1. The number of aromatic nitrogens is 1. The van der Waals surface area contributed by atoms with Crippen LogP contribution in [0.15, 0.2) is 59.5 Å². The van der Waals surface area contributed by atoms with Crippen LogP contribution in [0.2, 0.25) is 0 Å². The van der Waals surface area contributed by atoms with E-state index in [9.17, 15) is 18.3 Å². The number of benzene rings is 3. The standard InChI is InChI=1S/C24H18FNO4S/c1-31(29,30)16-4-2-3-13(12-16)17-9-10-20-19-8-5-14-11-15(24(27)28)6-7-18(14)22(19)26-23(20)21(17)25/h2-4,6-7,9-12,26H,5,8H2,1H3,(H,27,28). The lowest BCUT2D eigenvalue weighted by atomic mass is 9.88. The monoisotopic (exact) mass is 435 g/mol. The van der Waals surface area contributed by atoms with Crippen molar-refractivity contribution in [3.63, 3.8) is 0 Å². The number of sulfone groups is 1. The van der Waals surface area contributed by atoms with Crippen LogP contribution in [0, 0.1) is 5.82 Å². The van der Waals surface area contributed by atoms with Gasteiger partial charge in [0.05, 0.1) is 21.7 Å². The molecule has 4 aromatic rings. The lowest BCUT2D eigenvalue weighted by Crippen LogP contribution is -2.05. The van der Waals surface area contributed by atoms with E-state index in [-0.39, 0.29) is 10.5 Å². The van der Waals surface area contributed by atoms with Crippen molar-refractivity contribution < 1.29 is 22.7 Å². The van der Waals surface area contributed by atoms with Gasteiger partial charge in [-0.3, -0.25) is 0 Å². The van der Waals surface area contributed by atoms with Gasteiger partial charge in [0.25, 0.3) is 0 Å². The third-order valence-corrected chi connectivity index (χ3v) is 6.97. The van der Waals surface area contributed by atoms with Crippen LogP contribution in [0.5, 0.6) is 0 Å². The molecule has 1 aromatic heterocycles. The highest BCUT2D eigenvalue weighted by molar-refractivity contribution is 7.90. The van der Waals surface area contributed by atoms with Gasteiger partial charge in [0.1, 0.15) is 0 Å². The molecular formula is C24H18FNO4S. The summed E-state index contributed by atoms with van der Waals surface area (Å²) >= 11 is 0. The van der Waals surface area contributed by atoms with Gasteiger partial charge in [-0.2, -0.15) is 0 Å². The fourth-order valence-corrected chi connectivity index (χ4v) is 5.00. The van der Waals surface area contributed by atoms with Crippen molar-refractivity contribution in [1.29, 1.82) is 0 Å². The van der Waals surface area contributed by atoms with Gasteiger partial charge >= 0.3 is 5.97 Å². The largest absolute Gasteiger partial charge is 0.478 e. The smallest absolute Gasteiger partial charge is 0.335 e. The van der Waals surface area contributed by atoms with Crippen molar-refractivity contribution in [2.24, 2.45) is 0 Å². The maximum atomic E-state index is 15.6. The van der Waals surface area contributed by atoms with E-state index >= 15 is 4.39 Å². The molecule has 5 nitrogen and oxygen atoms in total. The Morgan fingerprint density at radius 1 is 1.03 bits per heavy atom. The molecule has 31 heavy (non-hydrogen) atoms. The Morgan fingerprint density at radius 2 is 1.81 bits per heavy atom. The number of aryl methyl sites for hydroxylation is 2. The Hall–Kier alpha value is -3.45. The number of carboxylic acid groups (broad SMARTS) is 1. The Kier molecular flexibility index (Phi) is 4.27. The van der Waals surface area contributed by atoms with Gasteiger partial charge < -0.3 is 10.1 Å². The summed E-state index contributed by atoms with van der Waals surface area (Å²) in [7, 11) is -3.41. The lowest BCUT2D eigenvalue weighted by Gasteiger charge is -2.17. The van der Waals surface area contributed by atoms with E-state index < -0.39 is 21.6 Å². The summed E-state index contributed by atoms with van der Waals surface area (Å²) in [6.45, 7) is 0. The third-order valence-electron chi connectivity index (χ3n) is 5.86. The first-order valence-corrected chi connectivity index (χ1v) is 11.6. The second kappa shape index (κ2) is 6.78. The average Bonchev–Trinajstić information content (AvgIpc) is 3.13. The Morgan fingerprint density at radius 3 is 2.55 bits per heavy atom. The number of halogens is 1. The summed E-state index contributed by atoms with van der Waals surface area (Å²) in [6.07, 6.45) is 2.47. The van der Waals surface area contributed by atoms with Crippen molar-refractivity contribution in [3.8, 4) is 22.4 Å². The molecule has 0 bridgehead atoms. The van der Waals surface area contributed by atoms with Crippen LogP contribution in [-0.4, -0.2) is 30.7 Å². The third kappa shape index (κ3) is 3.13. The first-order chi connectivity index (χ1) is 14.7. The molecule has 5 rings (SSSR count). The molecular weight excluding hydrogens is 417 g/mol. The highest BCUT2D eigenvalue weighted by atomic mass is 32.2. The number of H-pyrrole nitrogens is 1. The van der Waals surface area contributed by atoms with Crippen LogP contribution in [0.3, 0.4) is 0 Å². The second-order valence-electron chi connectivity index (χ2n) is 7.81. The maximum Gasteiger partial charge on any atom is 0.335 e. The molecule has 1 aliphatic rings. The van der Waals surface area contributed by atoms with Gasteiger partial charge in [-0.05, 0) is 53.8 Å². The van der Waals surface area contributed by atoms with Crippen molar-refractivity contribution in [2.75, 3.05) is 6.26 Å². The van der Waals surface area contributed by atoms with Crippen molar-refractivity contribution >= 4 is 26.7 Å². The van der Waals surface area contributed by atoms with E-state index in [1.54, 1.807) is 36.4 Å². The molecule has 0 amide bonds. The number of hydrogen-bond donors (Lipinski definition) is 2. The number of fused-ring (bicyclic) bond motifs is 5. The Labute approximate surface area is 178 Å². The van der Waals surface area contributed by atoms with E-state index in [0.29, 0.717) is 29.5 Å². The highest BCUT2D eigenvalue weighted by Crippen LogP contribution is 2.40. The molecule has 1 heterocycles. The quantitative estimate of drug-likeness (QED) is 0.482. The summed E-state index contributed by atoms with van der Waals surface area (Å²) in [4.78, 5) is 14.6. The summed E-state index contributed by atoms with van der Waals surface area (Å²) in [5, 5.41) is 10.0. The van der Waals surface area contributed by atoms with Gasteiger partial charge in [0.15, 0.2) is 15.7 Å². The number of nitrogens with one attached hydrogen (secondary N) is 1. The maximum absolute atomic E-state index is 15.6. The number of aromatic carboxylic acids is 1. The molecule has 2 N–H and O–H groups in total. The normalized spacial score (nSPS) is 13.1. The molecule has 0 saturated carbocycles. The molecule has 156 valence electrons. The fraction of sp³-hybridized carbons (Fsp3) is 0.125. The summed E-state index contributed by atoms with van der Waals surface area (Å²) in [5.41, 5.74) is 5.00. The number of carboxylic acids is 1. The van der Waals surface area contributed by atoms with Gasteiger partial charge in [-0.25, -0.2) is 17.6 Å². The zero-order valence-corrected chi connectivity index (χ0v) is 17.4. The molecule has 0 atom stereocenters. The van der Waals surface area contributed by atoms with E-state index in [1.807, 2.05) is 6.07 Å². The minimum absolute atomic E-state index is 0.137. The SMILES string of the molecule is CS(=O)(=O)c1cccc(-c2ccc3c4c([nH]c3c2F)-c2ccc(C(=O)O)cc2CC4)c1. The number of aromatic amines is 1. The summed E-state index contributed by atoms with van der Waals surface area (Å²) in [6, 6.07) is 14.8. The predicted molar refractivity (Wildman–Crippen MR) is 117 cm³/mol. The fourth-order valence-electron chi connectivity index (χ4n) is 4.33. The lowest BCUT2D eigenvalue weighted by molar-refractivity contribution is 0.0696. The second-order valence-corrected chi connectivity index (χ2v) is 9.82. The number of hydrogen-bond acceptors (Lipinski definition) is 3. The van der Waals surface area contributed by atoms with E-state index in [4.69, 9.17) is 0 Å².